The number of piperidine rings is 1. The van der Waals surface area contributed by atoms with Crippen LogP contribution < -0.4 is 0 Å². The van der Waals surface area contributed by atoms with Crippen LogP contribution in [0.5, 0.6) is 0 Å². The van der Waals surface area contributed by atoms with Gasteiger partial charge in [0.15, 0.2) is 5.82 Å². The van der Waals surface area contributed by atoms with Crippen molar-refractivity contribution < 1.29 is 9.32 Å². The van der Waals surface area contributed by atoms with Crippen molar-refractivity contribution in [2.75, 3.05) is 26.2 Å². The van der Waals surface area contributed by atoms with Gasteiger partial charge in [-0.3, -0.25) is 9.69 Å². The lowest BCUT2D eigenvalue weighted by atomic mass is 9.95. The van der Waals surface area contributed by atoms with Crippen LogP contribution >= 0.6 is 0 Å². The van der Waals surface area contributed by atoms with Crippen LogP contribution in [0.2, 0.25) is 0 Å². The summed E-state index contributed by atoms with van der Waals surface area (Å²) in [4.78, 5) is 21.6. The van der Waals surface area contributed by atoms with E-state index in [1.807, 2.05) is 0 Å². The van der Waals surface area contributed by atoms with E-state index in [9.17, 15) is 4.79 Å². The molecule has 0 atom stereocenters. The summed E-state index contributed by atoms with van der Waals surface area (Å²) in [5, 5.41) is 4.01. The van der Waals surface area contributed by atoms with E-state index in [2.05, 4.69) is 26.9 Å². The highest BCUT2D eigenvalue weighted by molar-refractivity contribution is 5.79. The van der Waals surface area contributed by atoms with Gasteiger partial charge in [0.25, 0.3) is 0 Å². The van der Waals surface area contributed by atoms with Gasteiger partial charge in [-0.05, 0) is 45.2 Å². The highest BCUT2D eigenvalue weighted by atomic mass is 16.5. The summed E-state index contributed by atoms with van der Waals surface area (Å²) in [5.41, 5.74) is 0. The zero-order chi connectivity index (χ0) is 16.8. The minimum atomic E-state index is 0.206. The molecular weight excluding hydrogens is 304 g/mol. The van der Waals surface area contributed by atoms with E-state index in [4.69, 9.17) is 4.52 Å². The Hall–Kier alpha value is -1.43. The average Bonchev–Trinajstić information content (AvgIpc) is 2.86. The van der Waals surface area contributed by atoms with Gasteiger partial charge in [-0.2, -0.15) is 4.98 Å². The predicted octanol–water partition coefficient (Wildman–Crippen LogP) is 2.64. The van der Waals surface area contributed by atoms with Gasteiger partial charge >= 0.3 is 0 Å². The molecule has 0 aromatic carbocycles. The molecule has 3 heterocycles. The molecule has 0 N–H and O–H groups in total. The first-order chi connectivity index (χ1) is 11.8. The van der Waals surface area contributed by atoms with Crippen molar-refractivity contribution in [2.24, 2.45) is 5.92 Å². The molecule has 2 saturated heterocycles. The molecule has 1 aromatic heterocycles. The van der Waals surface area contributed by atoms with Crippen LogP contribution in [0.1, 0.15) is 63.6 Å². The molecule has 2 aliphatic heterocycles. The fourth-order valence-corrected chi connectivity index (χ4v) is 3.76. The van der Waals surface area contributed by atoms with Gasteiger partial charge in [-0.15, -0.1) is 0 Å². The number of carbonyl (C=O) groups is 1. The van der Waals surface area contributed by atoms with Crippen molar-refractivity contribution in [3.8, 4) is 0 Å². The van der Waals surface area contributed by atoms with E-state index in [1.165, 1.54) is 25.7 Å². The Labute approximate surface area is 144 Å². The fourth-order valence-electron chi connectivity index (χ4n) is 3.76. The third-order valence-electron chi connectivity index (χ3n) is 5.20. The molecule has 134 valence electrons. The lowest BCUT2D eigenvalue weighted by Crippen LogP contribution is -2.42. The number of rotatable bonds is 5. The maximum Gasteiger partial charge on any atom is 0.240 e. The van der Waals surface area contributed by atoms with Gasteiger partial charge < -0.3 is 9.42 Å². The predicted molar refractivity (Wildman–Crippen MR) is 91.3 cm³/mol. The molecule has 1 amide bonds. The third-order valence-corrected chi connectivity index (χ3v) is 5.20. The summed E-state index contributed by atoms with van der Waals surface area (Å²) < 4.78 is 5.33. The van der Waals surface area contributed by atoms with Crippen LogP contribution in [-0.4, -0.2) is 52.0 Å². The molecule has 1 aromatic rings. The number of nitrogens with zero attached hydrogens (tertiary/aromatic N) is 4. The summed E-state index contributed by atoms with van der Waals surface area (Å²) in [7, 11) is 0. The highest BCUT2D eigenvalue weighted by Gasteiger charge is 2.29. The first kappa shape index (κ1) is 17.4. The Balaban J connectivity index is 1.45. The van der Waals surface area contributed by atoms with Crippen LogP contribution in [0.3, 0.4) is 0 Å². The maximum absolute atomic E-state index is 12.7. The standard InChI is InChI=1S/C18H30N4O2/c1-2-7-16-19-17(24-20-16)14-21-12-8-15(9-13-21)18(23)22-10-5-3-4-6-11-22/h15H,2-14H2,1H3. The van der Waals surface area contributed by atoms with E-state index < -0.39 is 0 Å². The number of hydrogen-bond acceptors (Lipinski definition) is 5. The number of aromatic nitrogens is 2. The molecule has 0 bridgehead atoms. The summed E-state index contributed by atoms with van der Waals surface area (Å²) in [6, 6.07) is 0. The zero-order valence-corrected chi connectivity index (χ0v) is 14.9. The van der Waals surface area contributed by atoms with Crippen molar-refractivity contribution >= 4 is 5.91 Å². The third kappa shape index (κ3) is 4.56. The molecule has 2 aliphatic rings. The number of aryl methyl sites for hydroxylation is 1. The zero-order valence-electron chi connectivity index (χ0n) is 14.9. The van der Waals surface area contributed by atoms with Gasteiger partial charge in [-0.1, -0.05) is 24.9 Å². The van der Waals surface area contributed by atoms with E-state index in [-0.39, 0.29) is 5.92 Å². The maximum atomic E-state index is 12.7. The van der Waals surface area contributed by atoms with E-state index in [0.29, 0.717) is 18.3 Å². The number of hydrogen-bond donors (Lipinski definition) is 0. The Morgan fingerprint density at radius 1 is 1.12 bits per heavy atom. The van der Waals surface area contributed by atoms with E-state index in [0.717, 1.165) is 57.7 Å². The Morgan fingerprint density at radius 3 is 2.50 bits per heavy atom. The molecule has 6 nitrogen and oxygen atoms in total. The van der Waals surface area contributed by atoms with Gasteiger partial charge in [-0.25, -0.2) is 0 Å². The van der Waals surface area contributed by atoms with Crippen LogP contribution in [0, 0.1) is 5.92 Å². The Kier molecular flexibility index (Phi) is 6.24. The molecule has 0 spiro atoms. The lowest BCUT2D eigenvalue weighted by Gasteiger charge is -2.33. The van der Waals surface area contributed by atoms with Crippen molar-refractivity contribution in [3.63, 3.8) is 0 Å². The van der Waals surface area contributed by atoms with Crippen LogP contribution in [0.4, 0.5) is 0 Å². The smallest absolute Gasteiger partial charge is 0.240 e. The van der Waals surface area contributed by atoms with Crippen molar-refractivity contribution in [1.29, 1.82) is 0 Å². The van der Waals surface area contributed by atoms with Crippen LogP contribution in [0.15, 0.2) is 4.52 Å². The van der Waals surface area contributed by atoms with Crippen LogP contribution in [0.25, 0.3) is 0 Å². The quantitative estimate of drug-likeness (QED) is 0.828. The van der Waals surface area contributed by atoms with Crippen LogP contribution in [-0.2, 0) is 17.8 Å². The van der Waals surface area contributed by atoms with Gasteiger partial charge in [0.2, 0.25) is 11.8 Å². The molecule has 24 heavy (non-hydrogen) atoms. The number of carbonyl (C=O) groups excluding carboxylic acids is 1. The minimum Gasteiger partial charge on any atom is -0.342 e. The SMILES string of the molecule is CCCc1noc(CN2CCC(C(=O)N3CCCCCC3)CC2)n1. The first-order valence-corrected chi connectivity index (χ1v) is 9.59. The molecule has 0 saturated carbocycles. The molecule has 0 radical (unpaired) electrons. The number of likely N-dealkylation sites (tertiary alicyclic amines) is 2. The number of amides is 1. The molecule has 3 rings (SSSR count). The first-order valence-electron chi connectivity index (χ1n) is 9.59. The highest BCUT2D eigenvalue weighted by Crippen LogP contribution is 2.22. The van der Waals surface area contributed by atoms with Crippen molar-refractivity contribution in [2.45, 2.75) is 64.8 Å². The second-order valence-corrected chi connectivity index (χ2v) is 7.14. The monoisotopic (exact) mass is 334 g/mol. The Morgan fingerprint density at radius 2 is 1.83 bits per heavy atom. The Bertz CT molecular complexity index is 515. The normalized spacial score (nSPS) is 21.0. The lowest BCUT2D eigenvalue weighted by molar-refractivity contribution is -0.137. The fraction of sp³-hybridized carbons (Fsp3) is 0.833. The van der Waals surface area contributed by atoms with Gasteiger partial charge in [0.05, 0.1) is 6.54 Å². The second kappa shape index (κ2) is 8.60. The molecule has 2 fully saturated rings. The van der Waals surface area contributed by atoms with E-state index >= 15 is 0 Å². The molecule has 6 heteroatoms. The summed E-state index contributed by atoms with van der Waals surface area (Å²) in [5.74, 6) is 2.10. The molecular formula is C18H30N4O2. The minimum absolute atomic E-state index is 0.206. The summed E-state index contributed by atoms with van der Waals surface area (Å²) in [6.07, 6.45) is 8.68. The van der Waals surface area contributed by atoms with Crippen molar-refractivity contribution in [3.05, 3.63) is 11.7 Å². The van der Waals surface area contributed by atoms with Gasteiger partial charge in [0, 0.05) is 25.4 Å². The van der Waals surface area contributed by atoms with Gasteiger partial charge in [0.1, 0.15) is 0 Å². The molecule has 0 aliphatic carbocycles. The largest absolute Gasteiger partial charge is 0.342 e. The topological polar surface area (TPSA) is 62.5 Å². The average molecular weight is 334 g/mol. The van der Waals surface area contributed by atoms with Crippen molar-refractivity contribution in [1.82, 2.24) is 19.9 Å². The summed E-state index contributed by atoms with van der Waals surface area (Å²) >= 11 is 0. The second-order valence-electron chi connectivity index (χ2n) is 7.14. The molecule has 0 unspecified atom stereocenters. The summed E-state index contributed by atoms with van der Waals surface area (Å²) in [6.45, 7) is 6.62. The van der Waals surface area contributed by atoms with E-state index in [1.54, 1.807) is 0 Å².